The molecule has 0 spiro atoms. The lowest BCUT2D eigenvalue weighted by Crippen LogP contribution is -2.37. The molecule has 1 amide bonds. The number of anilines is 1. The van der Waals surface area contributed by atoms with Crippen LogP contribution in [0.5, 0.6) is 0 Å². The molecule has 1 aromatic rings. The van der Waals surface area contributed by atoms with Crippen molar-refractivity contribution in [1.29, 1.82) is 0 Å². The van der Waals surface area contributed by atoms with E-state index in [1.165, 1.54) is 24.1 Å². The number of fused-ring (bicyclic) bond motifs is 1. The molecule has 3 rings (SSSR count). The van der Waals surface area contributed by atoms with Crippen LogP contribution in [0.2, 0.25) is 0 Å². The van der Waals surface area contributed by atoms with Gasteiger partial charge in [-0.1, -0.05) is 0 Å². The summed E-state index contributed by atoms with van der Waals surface area (Å²) in [6, 6.07) is 0. The van der Waals surface area contributed by atoms with Gasteiger partial charge in [0.05, 0.1) is 0 Å². The molecule has 1 atom stereocenters. The van der Waals surface area contributed by atoms with E-state index in [1.54, 1.807) is 4.90 Å². The minimum absolute atomic E-state index is 0.244. The fourth-order valence-corrected chi connectivity index (χ4v) is 3.93. The number of hydrogen-bond acceptors (Lipinski definition) is 5. The molecule has 6 heteroatoms. The first kappa shape index (κ1) is 18.9. The van der Waals surface area contributed by atoms with Gasteiger partial charge >= 0.3 is 6.09 Å². The first-order chi connectivity index (χ1) is 12.2. The predicted octanol–water partition coefficient (Wildman–Crippen LogP) is 3.36. The van der Waals surface area contributed by atoms with Gasteiger partial charge in [-0.05, 0) is 65.7 Å². The molecule has 144 valence electrons. The van der Waals surface area contributed by atoms with Gasteiger partial charge in [-0.15, -0.1) is 0 Å². The summed E-state index contributed by atoms with van der Waals surface area (Å²) in [5.74, 6) is 2.45. The normalized spacial score (nSPS) is 20.0. The average molecular weight is 361 g/mol. The standard InChI is InChI=1S/C20H32N4O2/c1-14-21-17-9-7-6-8-16(17)18(22-14)24-11-10-15(13-24)12-23(5)19(25)26-20(2,3)4/h15H,6-13H2,1-5H3. The number of carbonyl (C=O) groups is 1. The van der Waals surface area contributed by atoms with Gasteiger partial charge in [0.15, 0.2) is 0 Å². The number of hydrogen-bond donors (Lipinski definition) is 0. The van der Waals surface area contributed by atoms with E-state index in [2.05, 4.69) is 9.88 Å². The van der Waals surface area contributed by atoms with Crippen LogP contribution in [0.4, 0.5) is 10.6 Å². The summed E-state index contributed by atoms with van der Waals surface area (Å²) in [7, 11) is 1.83. The maximum atomic E-state index is 12.2. The quantitative estimate of drug-likeness (QED) is 0.827. The largest absolute Gasteiger partial charge is 0.444 e. The number of ether oxygens (including phenoxy) is 1. The fraction of sp³-hybridized carbons (Fsp3) is 0.750. The molecule has 6 nitrogen and oxygen atoms in total. The van der Waals surface area contributed by atoms with Crippen molar-refractivity contribution in [3.63, 3.8) is 0 Å². The molecular formula is C20H32N4O2. The Kier molecular flexibility index (Phi) is 5.39. The molecule has 1 unspecified atom stereocenters. The zero-order chi connectivity index (χ0) is 18.9. The van der Waals surface area contributed by atoms with Crippen molar-refractivity contribution in [1.82, 2.24) is 14.9 Å². The summed E-state index contributed by atoms with van der Waals surface area (Å²) < 4.78 is 5.46. The molecular weight excluding hydrogens is 328 g/mol. The predicted molar refractivity (Wildman–Crippen MR) is 103 cm³/mol. The minimum Gasteiger partial charge on any atom is -0.444 e. The van der Waals surface area contributed by atoms with Gasteiger partial charge in [-0.3, -0.25) is 0 Å². The summed E-state index contributed by atoms with van der Waals surface area (Å²) in [6.45, 7) is 10.3. The van der Waals surface area contributed by atoms with Gasteiger partial charge in [0, 0.05) is 37.9 Å². The molecule has 0 saturated carbocycles. The first-order valence-electron chi connectivity index (χ1n) is 9.78. The van der Waals surface area contributed by atoms with E-state index in [0.717, 1.165) is 50.5 Å². The van der Waals surface area contributed by atoms with Gasteiger partial charge in [0.25, 0.3) is 0 Å². The third kappa shape index (κ3) is 4.46. The zero-order valence-corrected chi connectivity index (χ0v) is 16.8. The van der Waals surface area contributed by atoms with Crippen molar-refractivity contribution < 1.29 is 9.53 Å². The first-order valence-corrected chi connectivity index (χ1v) is 9.78. The van der Waals surface area contributed by atoms with Crippen LogP contribution >= 0.6 is 0 Å². The van der Waals surface area contributed by atoms with E-state index < -0.39 is 5.60 Å². The van der Waals surface area contributed by atoms with E-state index >= 15 is 0 Å². The van der Waals surface area contributed by atoms with E-state index in [4.69, 9.17) is 9.72 Å². The molecule has 0 radical (unpaired) electrons. The number of aromatic nitrogens is 2. The van der Waals surface area contributed by atoms with E-state index in [0.29, 0.717) is 5.92 Å². The van der Waals surface area contributed by atoms with Crippen LogP contribution in [0.25, 0.3) is 0 Å². The second-order valence-corrected chi connectivity index (χ2v) is 8.69. The second-order valence-electron chi connectivity index (χ2n) is 8.69. The molecule has 0 bridgehead atoms. The Labute approximate surface area is 156 Å². The van der Waals surface area contributed by atoms with Gasteiger partial charge in [0.2, 0.25) is 0 Å². The summed E-state index contributed by atoms with van der Waals surface area (Å²) in [5.41, 5.74) is 2.14. The maximum Gasteiger partial charge on any atom is 0.410 e. The molecule has 0 N–H and O–H groups in total. The van der Waals surface area contributed by atoms with Crippen molar-refractivity contribution in [3.05, 3.63) is 17.1 Å². The third-order valence-electron chi connectivity index (χ3n) is 5.10. The minimum atomic E-state index is -0.454. The van der Waals surface area contributed by atoms with Crippen molar-refractivity contribution in [3.8, 4) is 0 Å². The third-order valence-corrected chi connectivity index (χ3v) is 5.10. The van der Waals surface area contributed by atoms with Crippen molar-refractivity contribution >= 4 is 11.9 Å². The Bertz CT molecular complexity index is 669. The summed E-state index contributed by atoms with van der Waals surface area (Å²) in [6.07, 6.45) is 5.45. The van der Waals surface area contributed by atoms with Crippen LogP contribution in [0.3, 0.4) is 0 Å². The van der Waals surface area contributed by atoms with E-state index in [9.17, 15) is 4.79 Å². The molecule has 26 heavy (non-hydrogen) atoms. The maximum absolute atomic E-state index is 12.2. The van der Waals surface area contributed by atoms with Gasteiger partial charge < -0.3 is 14.5 Å². The molecule has 2 heterocycles. The van der Waals surface area contributed by atoms with Gasteiger partial charge in [0.1, 0.15) is 17.2 Å². The Morgan fingerprint density at radius 3 is 2.73 bits per heavy atom. The Balaban J connectivity index is 1.64. The Morgan fingerprint density at radius 2 is 2.00 bits per heavy atom. The fourth-order valence-electron chi connectivity index (χ4n) is 3.93. The molecule has 2 aliphatic rings. The van der Waals surface area contributed by atoms with Crippen molar-refractivity contribution in [2.24, 2.45) is 5.92 Å². The number of aryl methyl sites for hydroxylation is 2. The summed E-state index contributed by atoms with van der Waals surface area (Å²) >= 11 is 0. The lowest BCUT2D eigenvalue weighted by atomic mass is 9.96. The van der Waals surface area contributed by atoms with Crippen molar-refractivity contribution in [2.75, 3.05) is 31.6 Å². The molecule has 0 aromatic carbocycles. The summed E-state index contributed by atoms with van der Waals surface area (Å²) in [5, 5.41) is 0. The SMILES string of the molecule is Cc1nc2c(c(N3CCC(CN(C)C(=O)OC(C)(C)C)C3)n1)CCCC2. The highest BCUT2D eigenvalue weighted by Crippen LogP contribution is 2.31. The van der Waals surface area contributed by atoms with Crippen LogP contribution in [-0.4, -0.2) is 53.2 Å². The van der Waals surface area contributed by atoms with E-state index in [1.807, 2.05) is 34.7 Å². The van der Waals surface area contributed by atoms with Crippen molar-refractivity contribution in [2.45, 2.75) is 65.4 Å². The van der Waals surface area contributed by atoms with Gasteiger partial charge in [-0.25, -0.2) is 14.8 Å². The second kappa shape index (κ2) is 7.41. The molecule has 1 aliphatic heterocycles. The Morgan fingerprint density at radius 1 is 1.27 bits per heavy atom. The van der Waals surface area contributed by atoms with Crippen LogP contribution in [0.1, 0.15) is 57.1 Å². The smallest absolute Gasteiger partial charge is 0.410 e. The number of carbonyl (C=O) groups excluding carboxylic acids is 1. The number of amides is 1. The lowest BCUT2D eigenvalue weighted by molar-refractivity contribution is 0.0277. The van der Waals surface area contributed by atoms with Crippen LogP contribution in [-0.2, 0) is 17.6 Å². The summed E-state index contributed by atoms with van der Waals surface area (Å²) in [4.78, 5) is 25.7. The topological polar surface area (TPSA) is 58.6 Å². The Hall–Kier alpha value is -1.85. The monoisotopic (exact) mass is 360 g/mol. The highest BCUT2D eigenvalue weighted by atomic mass is 16.6. The zero-order valence-electron chi connectivity index (χ0n) is 16.8. The van der Waals surface area contributed by atoms with Crippen LogP contribution in [0, 0.1) is 12.8 Å². The number of rotatable bonds is 3. The highest BCUT2D eigenvalue weighted by molar-refractivity contribution is 5.67. The van der Waals surface area contributed by atoms with Crippen LogP contribution < -0.4 is 4.90 Å². The van der Waals surface area contributed by atoms with Crippen LogP contribution in [0.15, 0.2) is 0 Å². The molecule has 1 fully saturated rings. The highest BCUT2D eigenvalue weighted by Gasteiger charge is 2.30. The van der Waals surface area contributed by atoms with Gasteiger partial charge in [-0.2, -0.15) is 0 Å². The van der Waals surface area contributed by atoms with E-state index in [-0.39, 0.29) is 6.09 Å². The average Bonchev–Trinajstić information content (AvgIpc) is 3.00. The number of nitrogens with zero attached hydrogens (tertiary/aromatic N) is 4. The molecule has 1 aromatic heterocycles. The molecule has 1 aliphatic carbocycles. The lowest BCUT2D eigenvalue weighted by Gasteiger charge is -2.27. The molecule has 1 saturated heterocycles.